The van der Waals surface area contributed by atoms with E-state index in [0.29, 0.717) is 4.47 Å². The van der Waals surface area contributed by atoms with Crippen molar-refractivity contribution in [1.82, 2.24) is 10.0 Å². The Labute approximate surface area is 142 Å². The summed E-state index contributed by atoms with van der Waals surface area (Å²) >= 11 is 3.10. The third kappa shape index (κ3) is 5.12. The summed E-state index contributed by atoms with van der Waals surface area (Å²) in [5.41, 5.74) is 0.155. The highest BCUT2D eigenvalue weighted by molar-refractivity contribution is 9.10. The van der Waals surface area contributed by atoms with E-state index >= 15 is 0 Å². The number of halogens is 2. The Hall–Kier alpha value is -1.77. The maximum atomic E-state index is 13.2. The van der Waals surface area contributed by atoms with E-state index in [1.807, 2.05) is 0 Å². The summed E-state index contributed by atoms with van der Waals surface area (Å²) in [5.74, 6) is -1.02. The molecular weight excluding hydrogens is 387 g/mol. The SMILES string of the molecule is O=C(NCCNS(=O)(=O)c1ccccc1)c1cc(F)cc(Br)c1. The molecule has 0 aliphatic rings. The minimum absolute atomic E-state index is 0.0272. The lowest BCUT2D eigenvalue weighted by Gasteiger charge is -2.08. The molecule has 5 nitrogen and oxygen atoms in total. The van der Waals surface area contributed by atoms with Crippen molar-refractivity contribution in [3.05, 3.63) is 64.4 Å². The number of hydrogen-bond donors (Lipinski definition) is 2. The minimum Gasteiger partial charge on any atom is -0.351 e. The lowest BCUT2D eigenvalue weighted by molar-refractivity contribution is 0.0954. The molecule has 0 aliphatic carbocycles. The van der Waals surface area contributed by atoms with Gasteiger partial charge >= 0.3 is 0 Å². The third-order valence-corrected chi connectivity index (χ3v) is 4.82. The summed E-state index contributed by atoms with van der Waals surface area (Å²) in [5, 5.41) is 2.52. The second-order valence-corrected chi connectivity index (χ2v) is 7.31. The van der Waals surface area contributed by atoms with Crippen LogP contribution in [0.5, 0.6) is 0 Å². The van der Waals surface area contributed by atoms with Gasteiger partial charge in [-0.05, 0) is 30.3 Å². The van der Waals surface area contributed by atoms with E-state index in [2.05, 4.69) is 26.0 Å². The van der Waals surface area contributed by atoms with Gasteiger partial charge in [0.2, 0.25) is 10.0 Å². The average molecular weight is 401 g/mol. The Bertz CT molecular complexity index is 777. The molecule has 0 atom stereocenters. The number of carbonyl (C=O) groups is 1. The lowest BCUT2D eigenvalue weighted by Crippen LogP contribution is -2.34. The van der Waals surface area contributed by atoms with Crippen molar-refractivity contribution in [2.45, 2.75) is 4.90 Å². The van der Waals surface area contributed by atoms with Crippen molar-refractivity contribution >= 4 is 31.9 Å². The number of sulfonamides is 1. The monoisotopic (exact) mass is 400 g/mol. The Morgan fingerprint density at radius 2 is 1.78 bits per heavy atom. The molecule has 1 amide bonds. The van der Waals surface area contributed by atoms with Crippen LogP contribution >= 0.6 is 15.9 Å². The van der Waals surface area contributed by atoms with Gasteiger partial charge in [0.25, 0.3) is 5.91 Å². The second kappa shape index (κ2) is 7.67. The Morgan fingerprint density at radius 3 is 2.43 bits per heavy atom. The summed E-state index contributed by atoms with van der Waals surface area (Å²) in [7, 11) is -3.61. The van der Waals surface area contributed by atoms with E-state index in [9.17, 15) is 17.6 Å². The number of carbonyl (C=O) groups excluding carboxylic acids is 1. The number of benzene rings is 2. The van der Waals surface area contributed by atoms with Gasteiger partial charge in [-0.15, -0.1) is 0 Å². The highest BCUT2D eigenvalue weighted by Crippen LogP contribution is 2.14. The molecule has 8 heteroatoms. The fraction of sp³-hybridized carbons (Fsp3) is 0.133. The van der Waals surface area contributed by atoms with E-state index in [-0.39, 0.29) is 23.5 Å². The fourth-order valence-corrected chi connectivity index (χ4v) is 3.35. The first-order valence-corrected chi connectivity index (χ1v) is 8.95. The van der Waals surface area contributed by atoms with Crippen molar-refractivity contribution in [3.8, 4) is 0 Å². The quantitative estimate of drug-likeness (QED) is 0.730. The van der Waals surface area contributed by atoms with Crippen molar-refractivity contribution in [3.63, 3.8) is 0 Å². The van der Waals surface area contributed by atoms with Gasteiger partial charge < -0.3 is 5.32 Å². The summed E-state index contributed by atoms with van der Waals surface area (Å²) in [6, 6.07) is 11.7. The first-order valence-electron chi connectivity index (χ1n) is 6.67. The van der Waals surface area contributed by atoms with Crippen molar-refractivity contribution in [2.24, 2.45) is 0 Å². The fourth-order valence-electron chi connectivity index (χ4n) is 1.83. The van der Waals surface area contributed by atoms with Crippen molar-refractivity contribution < 1.29 is 17.6 Å². The summed E-state index contributed by atoms with van der Waals surface area (Å²) in [6.07, 6.45) is 0. The van der Waals surface area contributed by atoms with Crippen LogP contribution in [0.15, 0.2) is 57.9 Å². The van der Waals surface area contributed by atoms with Crippen molar-refractivity contribution in [2.75, 3.05) is 13.1 Å². The summed E-state index contributed by atoms with van der Waals surface area (Å²) in [6.45, 7) is 0.110. The van der Waals surface area contributed by atoms with E-state index < -0.39 is 21.7 Å². The normalized spacial score (nSPS) is 11.2. The van der Waals surface area contributed by atoms with Gasteiger partial charge in [0.1, 0.15) is 5.82 Å². The third-order valence-electron chi connectivity index (χ3n) is 2.88. The van der Waals surface area contributed by atoms with Crippen LogP contribution in [0.2, 0.25) is 0 Å². The first kappa shape index (κ1) is 17.6. The molecule has 0 spiro atoms. The summed E-state index contributed by atoms with van der Waals surface area (Å²) in [4.78, 5) is 12.0. The average Bonchev–Trinajstić information content (AvgIpc) is 2.51. The molecular formula is C15H14BrFN2O3S. The molecule has 2 N–H and O–H groups in total. The van der Waals surface area contributed by atoms with Crippen LogP contribution in [0.1, 0.15) is 10.4 Å². The van der Waals surface area contributed by atoms with E-state index in [1.54, 1.807) is 18.2 Å². The van der Waals surface area contributed by atoms with Gasteiger partial charge in [-0.1, -0.05) is 34.1 Å². The van der Waals surface area contributed by atoms with Crippen LogP contribution in [0.4, 0.5) is 4.39 Å². The molecule has 0 bridgehead atoms. The molecule has 0 aliphatic heterocycles. The van der Waals surface area contributed by atoms with Crippen LogP contribution in [0, 0.1) is 5.82 Å². The number of rotatable bonds is 6. The molecule has 0 unspecified atom stereocenters. The molecule has 122 valence electrons. The topological polar surface area (TPSA) is 75.3 Å². The van der Waals surface area contributed by atoms with Gasteiger partial charge in [-0.3, -0.25) is 4.79 Å². The van der Waals surface area contributed by atoms with Gasteiger partial charge in [-0.2, -0.15) is 0 Å². The molecule has 0 saturated heterocycles. The number of nitrogens with one attached hydrogen (secondary N) is 2. The Balaban J connectivity index is 1.87. The summed E-state index contributed by atoms with van der Waals surface area (Å²) < 4.78 is 40.0. The molecule has 2 aromatic carbocycles. The first-order chi connectivity index (χ1) is 10.9. The smallest absolute Gasteiger partial charge is 0.251 e. The lowest BCUT2D eigenvalue weighted by atomic mass is 10.2. The second-order valence-electron chi connectivity index (χ2n) is 4.62. The Kier molecular flexibility index (Phi) is 5.86. The zero-order chi connectivity index (χ0) is 16.9. The van der Waals surface area contributed by atoms with Crippen LogP contribution in [0.3, 0.4) is 0 Å². The molecule has 0 fully saturated rings. The zero-order valence-corrected chi connectivity index (χ0v) is 14.3. The Morgan fingerprint density at radius 1 is 1.09 bits per heavy atom. The predicted octanol–water partition coefficient (Wildman–Crippen LogP) is 2.30. The van der Waals surface area contributed by atoms with Crippen LogP contribution < -0.4 is 10.0 Å². The van der Waals surface area contributed by atoms with E-state index in [4.69, 9.17) is 0 Å². The molecule has 0 aromatic heterocycles. The molecule has 2 aromatic rings. The molecule has 0 heterocycles. The standard InChI is InChI=1S/C15H14BrFN2O3S/c16-12-8-11(9-13(17)10-12)15(20)18-6-7-19-23(21,22)14-4-2-1-3-5-14/h1-5,8-10,19H,6-7H2,(H,18,20). The van der Waals surface area contributed by atoms with Crippen LogP contribution in [-0.2, 0) is 10.0 Å². The zero-order valence-electron chi connectivity index (χ0n) is 11.9. The molecule has 2 rings (SSSR count). The van der Waals surface area contributed by atoms with Crippen LogP contribution in [0.25, 0.3) is 0 Å². The predicted molar refractivity (Wildman–Crippen MR) is 88.1 cm³/mol. The van der Waals surface area contributed by atoms with Gasteiger partial charge in [0.15, 0.2) is 0 Å². The van der Waals surface area contributed by atoms with E-state index in [1.165, 1.54) is 24.3 Å². The minimum atomic E-state index is -3.61. The molecule has 23 heavy (non-hydrogen) atoms. The maximum absolute atomic E-state index is 13.2. The number of amides is 1. The highest BCUT2D eigenvalue weighted by atomic mass is 79.9. The number of hydrogen-bond acceptors (Lipinski definition) is 3. The van der Waals surface area contributed by atoms with Gasteiger partial charge in [0.05, 0.1) is 4.90 Å². The molecule has 0 saturated carbocycles. The maximum Gasteiger partial charge on any atom is 0.251 e. The van der Waals surface area contributed by atoms with Gasteiger partial charge in [0, 0.05) is 23.1 Å². The van der Waals surface area contributed by atoms with Crippen LogP contribution in [-0.4, -0.2) is 27.4 Å². The highest BCUT2D eigenvalue weighted by Gasteiger charge is 2.13. The molecule has 0 radical (unpaired) electrons. The largest absolute Gasteiger partial charge is 0.351 e. The van der Waals surface area contributed by atoms with Gasteiger partial charge in [-0.25, -0.2) is 17.5 Å². The van der Waals surface area contributed by atoms with E-state index in [0.717, 1.165) is 6.07 Å². The van der Waals surface area contributed by atoms with Crippen molar-refractivity contribution in [1.29, 1.82) is 0 Å².